The van der Waals surface area contributed by atoms with Crippen molar-refractivity contribution in [3.63, 3.8) is 0 Å². The van der Waals surface area contributed by atoms with E-state index in [4.69, 9.17) is 5.11 Å². The van der Waals surface area contributed by atoms with Crippen molar-refractivity contribution in [1.29, 1.82) is 0 Å². The molecule has 0 unspecified atom stereocenters. The first-order valence-corrected chi connectivity index (χ1v) is 5.05. The molecule has 0 spiro atoms. The van der Waals surface area contributed by atoms with Crippen LogP contribution in [0.1, 0.15) is 37.3 Å². The summed E-state index contributed by atoms with van der Waals surface area (Å²) in [5.41, 5.74) is 2.37. The summed E-state index contributed by atoms with van der Waals surface area (Å²) < 4.78 is 0. The van der Waals surface area contributed by atoms with E-state index < -0.39 is 0 Å². The minimum Gasteiger partial charge on any atom is -0.392 e. The number of hydrogen-bond acceptors (Lipinski definition) is 1. The van der Waals surface area contributed by atoms with Crippen LogP contribution in [-0.2, 0) is 13.0 Å². The van der Waals surface area contributed by atoms with Gasteiger partial charge in [0.2, 0.25) is 0 Å². The molecule has 0 aliphatic heterocycles. The SMILES string of the molecule is CCCCCc1cccc(CO)c1. The van der Waals surface area contributed by atoms with E-state index in [1.54, 1.807) is 0 Å². The van der Waals surface area contributed by atoms with E-state index in [9.17, 15) is 0 Å². The van der Waals surface area contributed by atoms with Crippen LogP contribution in [0.15, 0.2) is 24.3 Å². The van der Waals surface area contributed by atoms with Crippen LogP contribution in [0.5, 0.6) is 0 Å². The van der Waals surface area contributed by atoms with Crippen LogP contribution < -0.4 is 0 Å². The molecule has 0 saturated carbocycles. The van der Waals surface area contributed by atoms with E-state index in [-0.39, 0.29) is 6.61 Å². The lowest BCUT2D eigenvalue weighted by atomic mass is 10.1. The normalized spacial score (nSPS) is 10.3. The van der Waals surface area contributed by atoms with Gasteiger partial charge in [0.15, 0.2) is 0 Å². The van der Waals surface area contributed by atoms with Gasteiger partial charge in [0.25, 0.3) is 0 Å². The highest BCUT2D eigenvalue weighted by atomic mass is 16.3. The average molecular weight is 178 g/mol. The molecular formula is C12H18O. The maximum atomic E-state index is 8.93. The van der Waals surface area contributed by atoms with Crippen molar-refractivity contribution in [2.45, 2.75) is 39.2 Å². The van der Waals surface area contributed by atoms with Gasteiger partial charge in [0, 0.05) is 0 Å². The van der Waals surface area contributed by atoms with Crippen LogP contribution in [-0.4, -0.2) is 5.11 Å². The zero-order valence-corrected chi connectivity index (χ0v) is 8.29. The lowest BCUT2D eigenvalue weighted by Crippen LogP contribution is -1.88. The standard InChI is InChI=1S/C12H18O/c1-2-3-4-6-11-7-5-8-12(9-11)10-13/h5,7-9,13H,2-4,6,10H2,1H3. The molecule has 0 heterocycles. The van der Waals surface area contributed by atoms with Crippen LogP contribution >= 0.6 is 0 Å². The van der Waals surface area contributed by atoms with Crippen LogP contribution in [0.3, 0.4) is 0 Å². The van der Waals surface area contributed by atoms with Crippen molar-refractivity contribution in [2.24, 2.45) is 0 Å². The van der Waals surface area contributed by atoms with E-state index >= 15 is 0 Å². The lowest BCUT2D eigenvalue weighted by molar-refractivity contribution is 0.281. The molecule has 0 aromatic heterocycles. The molecule has 0 amide bonds. The zero-order chi connectivity index (χ0) is 9.52. The molecule has 1 N–H and O–H groups in total. The first-order valence-electron chi connectivity index (χ1n) is 5.05. The Morgan fingerprint density at radius 1 is 1.15 bits per heavy atom. The van der Waals surface area contributed by atoms with E-state index in [2.05, 4.69) is 19.1 Å². The Balaban J connectivity index is 2.46. The molecule has 1 heteroatoms. The van der Waals surface area contributed by atoms with Gasteiger partial charge in [-0.05, 0) is 24.0 Å². The summed E-state index contributed by atoms with van der Waals surface area (Å²) in [5.74, 6) is 0. The summed E-state index contributed by atoms with van der Waals surface area (Å²) in [5, 5.41) is 8.93. The number of aliphatic hydroxyl groups is 1. The fourth-order valence-electron chi connectivity index (χ4n) is 1.46. The van der Waals surface area contributed by atoms with E-state index in [0.717, 1.165) is 12.0 Å². The molecule has 1 rings (SSSR count). The first-order chi connectivity index (χ1) is 6.36. The third-order valence-corrected chi connectivity index (χ3v) is 2.24. The van der Waals surface area contributed by atoms with Gasteiger partial charge < -0.3 is 5.11 Å². The van der Waals surface area contributed by atoms with Gasteiger partial charge in [-0.15, -0.1) is 0 Å². The Kier molecular flexibility index (Phi) is 4.55. The maximum Gasteiger partial charge on any atom is 0.0681 e. The number of aliphatic hydroxyl groups excluding tert-OH is 1. The Morgan fingerprint density at radius 3 is 2.62 bits per heavy atom. The van der Waals surface area contributed by atoms with E-state index in [0.29, 0.717) is 0 Å². The molecule has 0 bridgehead atoms. The van der Waals surface area contributed by atoms with Gasteiger partial charge in [-0.1, -0.05) is 44.0 Å². The van der Waals surface area contributed by atoms with Gasteiger partial charge in [-0.3, -0.25) is 0 Å². The predicted molar refractivity (Wildman–Crippen MR) is 55.6 cm³/mol. The Morgan fingerprint density at radius 2 is 1.92 bits per heavy atom. The van der Waals surface area contributed by atoms with Crippen molar-refractivity contribution in [2.75, 3.05) is 0 Å². The quantitative estimate of drug-likeness (QED) is 0.687. The molecule has 0 atom stereocenters. The summed E-state index contributed by atoms with van der Waals surface area (Å²) in [4.78, 5) is 0. The molecule has 72 valence electrons. The third-order valence-electron chi connectivity index (χ3n) is 2.24. The van der Waals surface area contributed by atoms with Crippen LogP contribution in [0.25, 0.3) is 0 Å². The third kappa shape index (κ3) is 3.60. The summed E-state index contributed by atoms with van der Waals surface area (Å²) in [6, 6.07) is 8.21. The summed E-state index contributed by atoms with van der Waals surface area (Å²) in [6.07, 6.45) is 4.95. The molecule has 1 aromatic rings. The highest BCUT2D eigenvalue weighted by Crippen LogP contribution is 2.09. The summed E-state index contributed by atoms with van der Waals surface area (Å²) in [6.45, 7) is 2.37. The van der Waals surface area contributed by atoms with E-state index in [1.165, 1.54) is 24.8 Å². The van der Waals surface area contributed by atoms with E-state index in [1.807, 2.05) is 12.1 Å². The highest BCUT2D eigenvalue weighted by Gasteiger charge is 1.94. The van der Waals surface area contributed by atoms with Gasteiger partial charge in [-0.25, -0.2) is 0 Å². The number of hydrogen-bond donors (Lipinski definition) is 1. The van der Waals surface area contributed by atoms with Crippen molar-refractivity contribution in [1.82, 2.24) is 0 Å². The second kappa shape index (κ2) is 5.76. The smallest absolute Gasteiger partial charge is 0.0681 e. The second-order valence-electron chi connectivity index (χ2n) is 3.44. The number of rotatable bonds is 5. The van der Waals surface area contributed by atoms with Crippen LogP contribution in [0.4, 0.5) is 0 Å². The van der Waals surface area contributed by atoms with Crippen molar-refractivity contribution in [3.05, 3.63) is 35.4 Å². The van der Waals surface area contributed by atoms with Gasteiger partial charge in [0.1, 0.15) is 0 Å². The van der Waals surface area contributed by atoms with Crippen LogP contribution in [0, 0.1) is 0 Å². The molecule has 13 heavy (non-hydrogen) atoms. The molecule has 1 aromatic carbocycles. The Labute approximate surface area is 80.4 Å². The molecule has 0 aliphatic carbocycles. The van der Waals surface area contributed by atoms with Crippen molar-refractivity contribution in [3.8, 4) is 0 Å². The molecule has 0 radical (unpaired) electrons. The molecule has 1 nitrogen and oxygen atoms in total. The fraction of sp³-hybridized carbons (Fsp3) is 0.500. The predicted octanol–water partition coefficient (Wildman–Crippen LogP) is 2.91. The van der Waals surface area contributed by atoms with Crippen molar-refractivity contribution < 1.29 is 5.11 Å². The monoisotopic (exact) mass is 178 g/mol. The Hall–Kier alpha value is -0.820. The molecular weight excluding hydrogens is 160 g/mol. The van der Waals surface area contributed by atoms with Crippen molar-refractivity contribution >= 4 is 0 Å². The summed E-state index contributed by atoms with van der Waals surface area (Å²) in [7, 11) is 0. The molecule has 0 aliphatic rings. The molecule has 0 saturated heterocycles. The lowest BCUT2D eigenvalue weighted by Gasteiger charge is -2.02. The highest BCUT2D eigenvalue weighted by molar-refractivity contribution is 5.22. The Bertz CT molecular complexity index is 243. The number of aryl methyl sites for hydroxylation is 1. The van der Waals surface area contributed by atoms with Crippen LogP contribution in [0.2, 0.25) is 0 Å². The maximum absolute atomic E-state index is 8.93. The largest absolute Gasteiger partial charge is 0.392 e. The second-order valence-corrected chi connectivity index (χ2v) is 3.44. The number of benzene rings is 1. The fourth-order valence-corrected chi connectivity index (χ4v) is 1.46. The zero-order valence-electron chi connectivity index (χ0n) is 8.29. The minimum atomic E-state index is 0.154. The number of unbranched alkanes of at least 4 members (excludes halogenated alkanes) is 2. The topological polar surface area (TPSA) is 20.2 Å². The minimum absolute atomic E-state index is 0.154. The molecule has 0 fully saturated rings. The first kappa shape index (κ1) is 10.3. The average Bonchev–Trinajstić information content (AvgIpc) is 2.19. The van der Waals surface area contributed by atoms with Gasteiger partial charge in [-0.2, -0.15) is 0 Å². The van der Waals surface area contributed by atoms with Gasteiger partial charge in [0.05, 0.1) is 6.61 Å². The summed E-state index contributed by atoms with van der Waals surface area (Å²) >= 11 is 0. The van der Waals surface area contributed by atoms with Gasteiger partial charge >= 0.3 is 0 Å².